The minimum atomic E-state index is -0.320. The van der Waals surface area contributed by atoms with E-state index in [4.69, 9.17) is 10.5 Å². The lowest BCUT2D eigenvalue weighted by atomic mass is 9.93. The molecule has 142 valence electrons. The molecule has 1 aliphatic heterocycles. The predicted molar refractivity (Wildman–Crippen MR) is 112 cm³/mol. The number of rotatable bonds is 8. The number of halogens is 1. The summed E-state index contributed by atoms with van der Waals surface area (Å²) < 4.78 is 6.15. The zero-order valence-electron chi connectivity index (χ0n) is 15.0. The van der Waals surface area contributed by atoms with Crippen LogP contribution in [0.25, 0.3) is 0 Å². The van der Waals surface area contributed by atoms with Gasteiger partial charge in [-0.05, 0) is 48.5 Å². The molecule has 1 aromatic carbocycles. The number of carbonyl (C=O) groups is 1. The Labute approximate surface area is 165 Å². The van der Waals surface area contributed by atoms with Crippen molar-refractivity contribution in [3.8, 4) is 5.75 Å². The third-order valence-corrected chi connectivity index (χ3v) is 7.51. The number of benzene rings is 1. The highest BCUT2D eigenvalue weighted by Gasteiger charge is 2.26. The summed E-state index contributed by atoms with van der Waals surface area (Å²) in [7, 11) is 0. The molecular weight excluding hydrogens is 376 g/mol. The van der Waals surface area contributed by atoms with Gasteiger partial charge in [0.15, 0.2) is 6.61 Å². The van der Waals surface area contributed by atoms with Crippen LogP contribution in [0.15, 0.2) is 24.3 Å². The highest BCUT2D eigenvalue weighted by Crippen LogP contribution is 2.43. The number of carbonyl (C=O) groups excluding carboxylic acids is 1. The van der Waals surface area contributed by atoms with E-state index in [9.17, 15) is 4.79 Å². The fourth-order valence-corrected chi connectivity index (χ4v) is 5.54. The molecule has 0 aliphatic carbocycles. The van der Waals surface area contributed by atoms with E-state index in [2.05, 4.69) is 17.4 Å². The second-order valence-electron chi connectivity index (χ2n) is 6.02. The largest absolute Gasteiger partial charge is 0.484 e. The molecule has 3 N–H and O–H groups in total. The predicted octanol–water partition coefficient (Wildman–Crippen LogP) is 3.99. The molecule has 25 heavy (non-hydrogen) atoms. The first kappa shape index (κ1) is 22.5. The Morgan fingerprint density at radius 1 is 1.24 bits per heavy atom. The second kappa shape index (κ2) is 11.2. The van der Waals surface area contributed by atoms with Gasteiger partial charge in [0.2, 0.25) is 0 Å². The fourth-order valence-electron chi connectivity index (χ4n) is 2.65. The molecule has 0 aromatic heterocycles. The highest BCUT2D eigenvalue weighted by molar-refractivity contribution is 8.16. The number of hydrogen-bond acceptors (Lipinski definition) is 5. The molecule has 7 heteroatoms. The maximum Gasteiger partial charge on any atom is 0.258 e. The van der Waals surface area contributed by atoms with E-state index in [1.807, 2.05) is 49.5 Å². The van der Waals surface area contributed by atoms with Gasteiger partial charge in [0, 0.05) is 6.54 Å². The molecular formula is C18H29ClN2O2S2. The summed E-state index contributed by atoms with van der Waals surface area (Å²) in [6.07, 6.45) is 2.93. The molecule has 1 amide bonds. The van der Waals surface area contributed by atoms with Gasteiger partial charge in [-0.3, -0.25) is 4.79 Å². The van der Waals surface area contributed by atoms with Gasteiger partial charge in [0.05, 0.1) is 10.1 Å². The molecule has 1 fully saturated rings. The van der Waals surface area contributed by atoms with Crippen LogP contribution in [0.2, 0.25) is 0 Å². The average molecular weight is 405 g/mol. The molecule has 0 bridgehead atoms. The molecule has 0 unspecified atom stereocenters. The Balaban J connectivity index is 0.00000312. The van der Waals surface area contributed by atoms with E-state index in [0.29, 0.717) is 11.1 Å². The van der Waals surface area contributed by atoms with E-state index in [1.54, 1.807) is 0 Å². The van der Waals surface area contributed by atoms with Crippen molar-refractivity contribution >= 4 is 41.8 Å². The SMILES string of the molecule is CCC(CC)(CN)NC(=O)COc1ccc(C2SCCCS2)cc1.Cl. The molecule has 0 atom stereocenters. The van der Waals surface area contributed by atoms with Crippen LogP contribution in [0.5, 0.6) is 5.75 Å². The van der Waals surface area contributed by atoms with Gasteiger partial charge in [-0.2, -0.15) is 0 Å². The molecule has 1 saturated heterocycles. The Morgan fingerprint density at radius 3 is 2.36 bits per heavy atom. The van der Waals surface area contributed by atoms with E-state index in [-0.39, 0.29) is 30.5 Å². The Morgan fingerprint density at radius 2 is 1.84 bits per heavy atom. The maximum absolute atomic E-state index is 12.1. The van der Waals surface area contributed by atoms with E-state index < -0.39 is 0 Å². The summed E-state index contributed by atoms with van der Waals surface area (Å²) in [5, 5.41) is 3.02. The first-order valence-corrected chi connectivity index (χ1v) is 10.7. The van der Waals surface area contributed by atoms with Crippen LogP contribution in [0, 0.1) is 0 Å². The van der Waals surface area contributed by atoms with Crippen molar-refractivity contribution in [2.24, 2.45) is 5.73 Å². The summed E-state index contributed by atoms with van der Waals surface area (Å²) in [6.45, 7) is 4.54. The van der Waals surface area contributed by atoms with E-state index in [0.717, 1.165) is 18.6 Å². The molecule has 1 aliphatic rings. The number of nitrogens with two attached hydrogens (primary N) is 1. The average Bonchev–Trinajstić information content (AvgIpc) is 2.66. The van der Waals surface area contributed by atoms with Gasteiger partial charge >= 0.3 is 0 Å². The van der Waals surface area contributed by atoms with Gasteiger partial charge in [-0.1, -0.05) is 26.0 Å². The molecule has 0 radical (unpaired) electrons. The van der Waals surface area contributed by atoms with Crippen molar-refractivity contribution in [2.75, 3.05) is 24.7 Å². The third-order valence-electron chi connectivity index (χ3n) is 4.50. The maximum atomic E-state index is 12.1. The Hall–Kier alpha value is -0.560. The Kier molecular flexibility index (Phi) is 10.1. The monoisotopic (exact) mass is 404 g/mol. The molecule has 1 heterocycles. The van der Waals surface area contributed by atoms with Crippen LogP contribution in [-0.2, 0) is 4.79 Å². The Bertz CT molecular complexity index is 510. The van der Waals surface area contributed by atoms with Crippen LogP contribution >= 0.6 is 35.9 Å². The van der Waals surface area contributed by atoms with E-state index in [1.165, 1.54) is 23.5 Å². The summed E-state index contributed by atoms with van der Waals surface area (Å²) in [5.41, 5.74) is 6.81. The zero-order chi connectivity index (χ0) is 17.4. The highest BCUT2D eigenvalue weighted by atomic mass is 35.5. The third kappa shape index (κ3) is 6.59. The van der Waals surface area contributed by atoms with Crippen LogP contribution in [-0.4, -0.2) is 36.1 Å². The minimum absolute atomic E-state index is 0. The van der Waals surface area contributed by atoms with Crippen LogP contribution in [0.3, 0.4) is 0 Å². The van der Waals surface area contributed by atoms with E-state index >= 15 is 0 Å². The van der Waals surface area contributed by atoms with Crippen LogP contribution in [0.4, 0.5) is 0 Å². The first-order valence-electron chi connectivity index (χ1n) is 8.59. The second-order valence-corrected chi connectivity index (χ2v) is 8.75. The van der Waals surface area contributed by atoms with Gasteiger partial charge in [-0.25, -0.2) is 0 Å². The smallest absolute Gasteiger partial charge is 0.258 e. The lowest BCUT2D eigenvalue weighted by Crippen LogP contribution is -2.54. The van der Waals surface area contributed by atoms with Crippen molar-refractivity contribution in [3.05, 3.63) is 29.8 Å². The zero-order valence-corrected chi connectivity index (χ0v) is 17.4. The van der Waals surface area contributed by atoms with Crippen molar-refractivity contribution in [1.29, 1.82) is 0 Å². The molecule has 0 spiro atoms. The lowest BCUT2D eigenvalue weighted by molar-refractivity contribution is -0.125. The standard InChI is InChI=1S/C18H28N2O2S2.ClH/c1-3-18(4-2,13-19)20-16(21)12-22-15-8-6-14(7-9-15)17-23-10-5-11-24-17;/h6-9,17H,3-5,10-13,19H2,1-2H3,(H,20,21);1H. The number of amides is 1. The van der Waals surface area contributed by atoms with Crippen LogP contribution < -0.4 is 15.8 Å². The van der Waals surface area contributed by atoms with Gasteiger partial charge in [-0.15, -0.1) is 35.9 Å². The normalized spacial score (nSPS) is 15.3. The van der Waals surface area contributed by atoms with Crippen molar-refractivity contribution < 1.29 is 9.53 Å². The summed E-state index contributed by atoms with van der Waals surface area (Å²) in [6, 6.07) is 8.11. The lowest BCUT2D eigenvalue weighted by Gasteiger charge is -2.31. The molecule has 0 saturated carbocycles. The number of nitrogens with one attached hydrogen (secondary N) is 1. The minimum Gasteiger partial charge on any atom is -0.484 e. The molecule has 4 nitrogen and oxygen atoms in total. The summed E-state index contributed by atoms with van der Waals surface area (Å²) in [4.78, 5) is 12.1. The van der Waals surface area contributed by atoms with Crippen molar-refractivity contribution in [1.82, 2.24) is 5.32 Å². The van der Waals surface area contributed by atoms with Gasteiger partial charge < -0.3 is 15.8 Å². The quantitative estimate of drug-likeness (QED) is 0.685. The summed E-state index contributed by atoms with van der Waals surface area (Å²) in [5.74, 6) is 3.07. The molecule has 1 aromatic rings. The van der Waals surface area contributed by atoms with Crippen LogP contribution in [0.1, 0.15) is 43.3 Å². The molecule has 2 rings (SSSR count). The van der Waals surface area contributed by atoms with Crippen molar-refractivity contribution in [2.45, 2.75) is 43.2 Å². The van der Waals surface area contributed by atoms with Crippen molar-refractivity contribution in [3.63, 3.8) is 0 Å². The van der Waals surface area contributed by atoms with Gasteiger partial charge in [0.25, 0.3) is 5.91 Å². The number of hydrogen-bond donors (Lipinski definition) is 2. The number of ether oxygens (including phenoxy) is 1. The van der Waals surface area contributed by atoms with Gasteiger partial charge in [0.1, 0.15) is 5.75 Å². The summed E-state index contributed by atoms with van der Waals surface area (Å²) >= 11 is 4.00. The fraction of sp³-hybridized carbons (Fsp3) is 0.611. The topological polar surface area (TPSA) is 64.3 Å². The first-order chi connectivity index (χ1) is 11.6. The number of thioether (sulfide) groups is 2.